The van der Waals surface area contributed by atoms with Crippen molar-refractivity contribution in [2.24, 2.45) is 0 Å². The number of thiazole rings is 1. The Kier molecular flexibility index (Phi) is 6.69. The molecule has 0 bridgehead atoms. The molecule has 146 valence electrons. The van der Waals surface area contributed by atoms with Crippen molar-refractivity contribution in [1.29, 1.82) is 0 Å². The maximum atomic E-state index is 13.7. The summed E-state index contributed by atoms with van der Waals surface area (Å²) < 4.78 is 32.8. The highest BCUT2D eigenvalue weighted by molar-refractivity contribution is 9.10. The first-order valence-electron chi connectivity index (χ1n) is 8.37. The monoisotopic (exact) mass is 468 g/mol. The SMILES string of the molecule is O=C(COC(=O)CCCc1nc2ccccc2s1)Nc1c(F)cc(F)cc1Br. The molecule has 9 heteroatoms. The van der Waals surface area contributed by atoms with Crippen LogP contribution in [0.15, 0.2) is 40.9 Å². The van der Waals surface area contributed by atoms with Crippen LogP contribution < -0.4 is 5.32 Å². The lowest BCUT2D eigenvalue weighted by Crippen LogP contribution is -2.21. The van der Waals surface area contributed by atoms with E-state index in [2.05, 4.69) is 26.2 Å². The Morgan fingerprint density at radius 3 is 2.75 bits per heavy atom. The lowest BCUT2D eigenvalue weighted by molar-refractivity contribution is -0.147. The number of aryl methyl sites for hydroxylation is 1. The Bertz CT molecular complexity index is 969. The van der Waals surface area contributed by atoms with E-state index in [1.807, 2.05) is 24.3 Å². The minimum Gasteiger partial charge on any atom is -0.456 e. The lowest BCUT2D eigenvalue weighted by Gasteiger charge is -2.09. The standard InChI is InChI=1S/C19H15BrF2N2O3S/c20-12-8-11(21)9-13(22)19(12)24-16(25)10-27-18(26)7-3-6-17-23-14-4-1-2-5-15(14)28-17/h1-2,4-5,8-9H,3,6-7,10H2,(H,24,25). The van der Waals surface area contributed by atoms with Gasteiger partial charge in [0.25, 0.3) is 5.91 Å². The van der Waals surface area contributed by atoms with Crippen LogP contribution in [0, 0.1) is 11.6 Å². The van der Waals surface area contributed by atoms with Crippen molar-refractivity contribution < 1.29 is 23.1 Å². The second-order valence-electron chi connectivity index (χ2n) is 5.88. The summed E-state index contributed by atoms with van der Waals surface area (Å²) in [7, 11) is 0. The Morgan fingerprint density at radius 2 is 2.00 bits per heavy atom. The van der Waals surface area contributed by atoms with Crippen molar-refractivity contribution in [2.45, 2.75) is 19.3 Å². The van der Waals surface area contributed by atoms with Gasteiger partial charge >= 0.3 is 5.97 Å². The van der Waals surface area contributed by atoms with E-state index in [-0.39, 0.29) is 16.6 Å². The number of fused-ring (bicyclic) bond motifs is 1. The number of amides is 1. The average molecular weight is 469 g/mol. The quantitative estimate of drug-likeness (QED) is 0.503. The number of ether oxygens (including phenoxy) is 1. The van der Waals surface area contributed by atoms with Gasteiger partial charge in [0.1, 0.15) is 5.82 Å². The van der Waals surface area contributed by atoms with Crippen LogP contribution in [-0.2, 0) is 20.7 Å². The largest absolute Gasteiger partial charge is 0.456 e. The first-order valence-corrected chi connectivity index (χ1v) is 9.98. The van der Waals surface area contributed by atoms with Gasteiger partial charge in [0.2, 0.25) is 0 Å². The number of para-hydroxylation sites is 1. The van der Waals surface area contributed by atoms with Gasteiger partial charge in [0, 0.05) is 17.0 Å². The van der Waals surface area contributed by atoms with Gasteiger partial charge < -0.3 is 10.1 Å². The number of benzene rings is 2. The van der Waals surface area contributed by atoms with Crippen LogP contribution in [0.25, 0.3) is 10.2 Å². The van der Waals surface area contributed by atoms with E-state index in [4.69, 9.17) is 4.74 Å². The van der Waals surface area contributed by atoms with Crippen molar-refractivity contribution in [3.63, 3.8) is 0 Å². The predicted molar refractivity (Wildman–Crippen MR) is 106 cm³/mol. The molecule has 0 aliphatic rings. The molecule has 0 spiro atoms. The van der Waals surface area contributed by atoms with Crippen molar-refractivity contribution in [3.8, 4) is 0 Å². The summed E-state index contributed by atoms with van der Waals surface area (Å²) in [6.45, 7) is -0.552. The molecule has 2 aromatic carbocycles. The van der Waals surface area contributed by atoms with Crippen LogP contribution in [0.3, 0.4) is 0 Å². The number of rotatable bonds is 7. The molecule has 0 saturated carbocycles. The average Bonchev–Trinajstić information content (AvgIpc) is 3.05. The number of hydrogen-bond donors (Lipinski definition) is 1. The molecule has 0 unspecified atom stereocenters. The van der Waals surface area contributed by atoms with E-state index in [0.29, 0.717) is 18.9 Å². The Balaban J connectivity index is 1.42. The molecule has 0 atom stereocenters. The van der Waals surface area contributed by atoms with Gasteiger partial charge in [-0.3, -0.25) is 9.59 Å². The highest BCUT2D eigenvalue weighted by atomic mass is 79.9. The topological polar surface area (TPSA) is 68.3 Å². The Morgan fingerprint density at radius 1 is 1.21 bits per heavy atom. The lowest BCUT2D eigenvalue weighted by atomic mass is 10.2. The van der Waals surface area contributed by atoms with E-state index >= 15 is 0 Å². The van der Waals surface area contributed by atoms with Gasteiger partial charge in [-0.25, -0.2) is 13.8 Å². The molecule has 3 rings (SSSR count). The third kappa shape index (κ3) is 5.32. The third-order valence-corrected chi connectivity index (χ3v) is 5.47. The highest BCUT2D eigenvalue weighted by Crippen LogP contribution is 2.27. The van der Waals surface area contributed by atoms with Crippen LogP contribution in [0.1, 0.15) is 17.8 Å². The fourth-order valence-electron chi connectivity index (χ4n) is 2.47. The van der Waals surface area contributed by atoms with E-state index in [0.717, 1.165) is 21.3 Å². The molecular formula is C19H15BrF2N2O3S. The fraction of sp³-hybridized carbons (Fsp3) is 0.211. The number of nitrogens with one attached hydrogen (secondary N) is 1. The number of halogens is 3. The van der Waals surface area contributed by atoms with Gasteiger partial charge in [-0.1, -0.05) is 12.1 Å². The zero-order valence-corrected chi connectivity index (χ0v) is 16.9. The fourth-order valence-corrected chi connectivity index (χ4v) is 3.98. The molecule has 0 saturated heterocycles. The van der Waals surface area contributed by atoms with Gasteiger partial charge in [0.15, 0.2) is 12.4 Å². The molecule has 3 aromatic rings. The zero-order valence-electron chi connectivity index (χ0n) is 14.5. The van der Waals surface area contributed by atoms with E-state index in [1.165, 1.54) is 0 Å². The predicted octanol–water partition coefficient (Wildman–Crippen LogP) is 4.84. The number of carbonyl (C=O) groups is 2. The summed E-state index contributed by atoms with van der Waals surface area (Å²) in [6, 6.07) is 9.46. The second kappa shape index (κ2) is 9.20. The van der Waals surface area contributed by atoms with Crippen molar-refractivity contribution in [3.05, 3.63) is 57.5 Å². The molecule has 0 fully saturated rings. The zero-order chi connectivity index (χ0) is 20.1. The summed E-state index contributed by atoms with van der Waals surface area (Å²) in [5, 5.41) is 3.18. The number of aromatic nitrogens is 1. The summed E-state index contributed by atoms with van der Waals surface area (Å²) in [5.41, 5.74) is 0.721. The van der Waals surface area contributed by atoms with Crippen LogP contribution >= 0.6 is 27.3 Å². The van der Waals surface area contributed by atoms with E-state index < -0.39 is 30.1 Å². The van der Waals surface area contributed by atoms with E-state index in [1.54, 1.807) is 11.3 Å². The molecular weight excluding hydrogens is 454 g/mol. The number of nitrogens with zero attached hydrogens (tertiary/aromatic N) is 1. The number of anilines is 1. The summed E-state index contributed by atoms with van der Waals surface area (Å²) in [6.07, 6.45) is 1.31. The van der Waals surface area contributed by atoms with Gasteiger partial charge in [-0.15, -0.1) is 11.3 Å². The van der Waals surface area contributed by atoms with Gasteiger partial charge in [0.05, 0.1) is 20.9 Å². The maximum Gasteiger partial charge on any atom is 0.306 e. The summed E-state index contributed by atoms with van der Waals surface area (Å²) >= 11 is 4.55. The molecule has 5 nitrogen and oxygen atoms in total. The Hall–Kier alpha value is -2.39. The number of carbonyl (C=O) groups excluding carboxylic acids is 2. The highest BCUT2D eigenvalue weighted by Gasteiger charge is 2.14. The maximum absolute atomic E-state index is 13.7. The smallest absolute Gasteiger partial charge is 0.306 e. The Labute approximate surface area is 171 Å². The first kappa shape index (κ1) is 20.3. The second-order valence-corrected chi connectivity index (χ2v) is 7.85. The van der Waals surface area contributed by atoms with Gasteiger partial charge in [-0.2, -0.15) is 0 Å². The van der Waals surface area contributed by atoms with Crippen LogP contribution in [0.4, 0.5) is 14.5 Å². The molecule has 0 aliphatic heterocycles. The molecule has 0 radical (unpaired) electrons. The minimum atomic E-state index is -0.928. The normalized spacial score (nSPS) is 10.8. The van der Waals surface area contributed by atoms with Crippen molar-refractivity contribution >= 4 is 55.0 Å². The molecule has 1 aromatic heterocycles. The van der Waals surface area contributed by atoms with Crippen LogP contribution in [-0.4, -0.2) is 23.5 Å². The summed E-state index contributed by atoms with van der Waals surface area (Å²) in [5.74, 6) is -2.95. The van der Waals surface area contributed by atoms with Crippen LogP contribution in [0.2, 0.25) is 0 Å². The number of hydrogen-bond acceptors (Lipinski definition) is 5. The molecule has 1 amide bonds. The van der Waals surface area contributed by atoms with Crippen molar-refractivity contribution in [1.82, 2.24) is 4.98 Å². The van der Waals surface area contributed by atoms with Crippen molar-refractivity contribution in [2.75, 3.05) is 11.9 Å². The molecule has 28 heavy (non-hydrogen) atoms. The number of esters is 1. The molecule has 1 heterocycles. The van der Waals surface area contributed by atoms with E-state index in [9.17, 15) is 18.4 Å². The van der Waals surface area contributed by atoms with Crippen LogP contribution in [0.5, 0.6) is 0 Å². The first-order chi connectivity index (χ1) is 13.4. The summed E-state index contributed by atoms with van der Waals surface area (Å²) in [4.78, 5) is 28.1. The molecule has 0 aliphatic carbocycles. The van der Waals surface area contributed by atoms with Gasteiger partial charge in [-0.05, 0) is 47.0 Å². The third-order valence-electron chi connectivity index (χ3n) is 3.75. The minimum absolute atomic E-state index is 0.0560. The molecule has 1 N–H and O–H groups in total.